The Morgan fingerprint density at radius 1 is 1.31 bits per heavy atom. The summed E-state index contributed by atoms with van der Waals surface area (Å²) in [6, 6.07) is 7.43. The molecule has 1 aromatic heterocycles. The van der Waals surface area contributed by atoms with Gasteiger partial charge in [0.1, 0.15) is 11.9 Å². The zero-order chi connectivity index (χ0) is 18.3. The molecule has 26 heavy (non-hydrogen) atoms. The van der Waals surface area contributed by atoms with Crippen molar-refractivity contribution in [3.63, 3.8) is 0 Å². The quantitative estimate of drug-likeness (QED) is 0.776. The first-order chi connectivity index (χ1) is 12.6. The lowest BCUT2D eigenvalue weighted by atomic mass is 9.83. The minimum Gasteiger partial charge on any atom is -0.465 e. The van der Waals surface area contributed by atoms with Crippen molar-refractivity contribution in [1.29, 1.82) is 0 Å². The van der Waals surface area contributed by atoms with Crippen LogP contribution in [0.2, 0.25) is 0 Å². The topological polar surface area (TPSA) is 42.4 Å². The number of carbonyl (C=O) groups is 1. The Labute approximate surface area is 153 Å². The zero-order valence-corrected chi connectivity index (χ0v) is 15.3. The molecule has 2 aliphatic heterocycles. The first-order valence-electron chi connectivity index (χ1n) is 9.56. The molecule has 0 saturated carbocycles. The third kappa shape index (κ3) is 2.98. The molecule has 0 amide bonds. The van der Waals surface area contributed by atoms with Crippen molar-refractivity contribution in [3.05, 3.63) is 41.8 Å². The SMILES string of the molecule is CCOC(=O)C(C)N1C2CCC1CC(c1ccnc3ccc(F)cc13)C2. The van der Waals surface area contributed by atoms with Gasteiger partial charge in [0, 0.05) is 23.7 Å². The number of aromatic nitrogens is 1. The van der Waals surface area contributed by atoms with E-state index in [4.69, 9.17) is 4.74 Å². The van der Waals surface area contributed by atoms with E-state index in [0.717, 1.165) is 36.6 Å². The molecule has 3 unspecified atom stereocenters. The van der Waals surface area contributed by atoms with Gasteiger partial charge in [0.2, 0.25) is 0 Å². The highest BCUT2D eigenvalue weighted by Crippen LogP contribution is 2.45. The average molecular weight is 356 g/mol. The molecule has 2 aliphatic rings. The molecule has 138 valence electrons. The van der Waals surface area contributed by atoms with Crippen LogP contribution in [0.15, 0.2) is 30.5 Å². The summed E-state index contributed by atoms with van der Waals surface area (Å²) in [5, 5.41) is 0.920. The van der Waals surface area contributed by atoms with Crippen LogP contribution in [0.1, 0.15) is 51.0 Å². The summed E-state index contributed by atoms with van der Waals surface area (Å²) in [6.07, 6.45) is 6.04. The normalized spacial score (nSPS) is 26.8. The monoisotopic (exact) mass is 356 g/mol. The van der Waals surface area contributed by atoms with E-state index in [1.165, 1.54) is 11.6 Å². The smallest absolute Gasteiger partial charge is 0.323 e. The molecule has 4 rings (SSSR count). The number of benzene rings is 1. The Morgan fingerprint density at radius 2 is 2.04 bits per heavy atom. The second-order valence-electron chi connectivity index (χ2n) is 7.49. The second kappa shape index (κ2) is 6.95. The Hall–Kier alpha value is -2.01. The van der Waals surface area contributed by atoms with E-state index in [9.17, 15) is 9.18 Å². The van der Waals surface area contributed by atoms with Gasteiger partial charge in [-0.25, -0.2) is 4.39 Å². The third-order valence-corrected chi connectivity index (χ3v) is 6.04. The number of pyridine rings is 1. The molecule has 1 aromatic carbocycles. The van der Waals surface area contributed by atoms with Gasteiger partial charge in [0.05, 0.1) is 12.1 Å². The fourth-order valence-corrected chi connectivity index (χ4v) is 4.98. The highest BCUT2D eigenvalue weighted by Gasteiger charge is 2.45. The summed E-state index contributed by atoms with van der Waals surface area (Å²) < 4.78 is 19.0. The number of rotatable bonds is 4. The third-order valence-electron chi connectivity index (χ3n) is 6.04. The van der Waals surface area contributed by atoms with Gasteiger partial charge >= 0.3 is 5.97 Å². The molecule has 4 nitrogen and oxygen atoms in total. The lowest BCUT2D eigenvalue weighted by Crippen LogP contribution is -2.50. The molecule has 5 heteroatoms. The summed E-state index contributed by atoms with van der Waals surface area (Å²) in [6.45, 7) is 4.23. The maximum Gasteiger partial charge on any atom is 0.323 e. The number of ether oxygens (including phenoxy) is 1. The van der Waals surface area contributed by atoms with Crippen LogP contribution >= 0.6 is 0 Å². The summed E-state index contributed by atoms with van der Waals surface area (Å²) in [7, 11) is 0. The predicted octanol–water partition coefficient (Wildman–Crippen LogP) is 4.04. The standard InChI is InChI=1S/C21H25FN2O2/c1-3-26-21(25)13(2)24-16-5-6-17(24)11-14(10-16)18-8-9-23-20-7-4-15(22)12-19(18)20/h4,7-9,12-14,16-17H,3,5-6,10-11H2,1-2H3. The summed E-state index contributed by atoms with van der Waals surface area (Å²) >= 11 is 0. The van der Waals surface area contributed by atoms with E-state index in [2.05, 4.69) is 9.88 Å². The maximum atomic E-state index is 13.8. The number of hydrogen-bond donors (Lipinski definition) is 0. The van der Waals surface area contributed by atoms with Crippen LogP contribution in [0, 0.1) is 5.82 Å². The Kier molecular flexibility index (Phi) is 4.65. The summed E-state index contributed by atoms with van der Waals surface area (Å²) in [5.41, 5.74) is 2.04. The Bertz CT molecular complexity index is 811. The molecule has 2 aromatic rings. The first-order valence-corrected chi connectivity index (χ1v) is 9.56. The molecule has 2 fully saturated rings. The van der Waals surface area contributed by atoms with Gasteiger partial charge in [-0.3, -0.25) is 14.7 Å². The van der Waals surface area contributed by atoms with Crippen molar-refractivity contribution in [2.24, 2.45) is 0 Å². The summed E-state index contributed by atoms with van der Waals surface area (Å²) in [4.78, 5) is 19.0. The van der Waals surface area contributed by atoms with Crippen LogP contribution in [0.4, 0.5) is 4.39 Å². The molecule has 2 bridgehead atoms. The number of nitrogens with zero attached hydrogens (tertiary/aromatic N) is 2. The highest BCUT2D eigenvalue weighted by atomic mass is 19.1. The lowest BCUT2D eigenvalue weighted by Gasteiger charge is -2.41. The molecular formula is C21H25FN2O2. The number of fused-ring (bicyclic) bond motifs is 3. The minimum atomic E-state index is -0.219. The number of hydrogen-bond acceptors (Lipinski definition) is 4. The van der Waals surface area contributed by atoms with Crippen molar-refractivity contribution < 1.29 is 13.9 Å². The molecule has 3 atom stereocenters. The van der Waals surface area contributed by atoms with Gasteiger partial charge in [-0.05, 0) is 75.3 Å². The van der Waals surface area contributed by atoms with Crippen LogP contribution < -0.4 is 0 Å². The first kappa shape index (κ1) is 17.4. The van der Waals surface area contributed by atoms with Crippen LogP contribution in [-0.4, -0.2) is 40.6 Å². The van der Waals surface area contributed by atoms with Gasteiger partial charge in [-0.15, -0.1) is 0 Å². The van der Waals surface area contributed by atoms with E-state index in [-0.39, 0.29) is 17.8 Å². The Morgan fingerprint density at radius 3 is 2.73 bits per heavy atom. The summed E-state index contributed by atoms with van der Waals surface area (Å²) in [5.74, 6) is 0.0350. The van der Waals surface area contributed by atoms with E-state index < -0.39 is 0 Å². The van der Waals surface area contributed by atoms with Crippen molar-refractivity contribution in [2.45, 2.75) is 63.6 Å². The van der Waals surface area contributed by atoms with Crippen molar-refractivity contribution >= 4 is 16.9 Å². The predicted molar refractivity (Wildman–Crippen MR) is 98.4 cm³/mol. The maximum absolute atomic E-state index is 13.8. The zero-order valence-electron chi connectivity index (χ0n) is 15.3. The van der Waals surface area contributed by atoms with Crippen molar-refractivity contribution in [1.82, 2.24) is 9.88 Å². The highest BCUT2D eigenvalue weighted by molar-refractivity contribution is 5.82. The second-order valence-corrected chi connectivity index (χ2v) is 7.49. The van der Waals surface area contributed by atoms with Gasteiger partial charge in [-0.1, -0.05) is 0 Å². The van der Waals surface area contributed by atoms with Gasteiger partial charge in [0.15, 0.2) is 0 Å². The lowest BCUT2D eigenvalue weighted by molar-refractivity contribution is -0.151. The van der Waals surface area contributed by atoms with Gasteiger partial charge in [-0.2, -0.15) is 0 Å². The fourth-order valence-electron chi connectivity index (χ4n) is 4.98. The van der Waals surface area contributed by atoms with E-state index in [0.29, 0.717) is 24.6 Å². The number of esters is 1. The van der Waals surface area contributed by atoms with Crippen LogP contribution in [0.5, 0.6) is 0 Å². The van der Waals surface area contributed by atoms with Crippen molar-refractivity contribution in [3.8, 4) is 0 Å². The fraction of sp³-hybridized carbons (Fsp3) is 0.524. The van der Waals surface area contributed by atoms with Crippen molar-refractivity contribution in [2.75, 3.05) is 6.61 Å². The number of halogens is 1. The number of piperidine rings is 1. The average Bonchev–Trinajstić information content (AvgIpc) is 2.90. The van der Waals surface area contributed by atoms with Gasteiger partial charge < -0.3 is 4.74 Å². The molecule has 0 N–H and O–H groups in total. The van der Waals surface area contributed by atoms with Crippen LogP contribution in [0.3, 0.4) is 0 Å². The molecule has 0 spiro atoms. The van der Waals surface area contributed by atoms with Crippen LogP contribution in [-0.2, 0) is 9.53 Å². The molecular weight excluding hydrogens is 331 g/mol. The largest absolute Gasteiger partial charge is 0.465 e. The minimum absolute atomic E-state index is 0.126. The van der Waals surface area contributed by atoms with E-state index >= 15 is 0 Å². The van der Waals surface area contributed by atoms with E-state index in [1.807, 2.05) is 26.1 Å². The molecule has 2 saturated heterocycles. The molecule has 0 aliphatic carbocycles. The molecule has 0 radical (unpaired) electrons. The van der Waals surface area contributed by atoms with E-state index in [1.54, 1.807) is 12.1 Å². The molecule has 3 heterocycles. The Balaban J connectivity index is 1.60. The van der Waals surface area contributed by atoms with Gasteiger partial charge in [0.25, 0.3) is 0 Å². The number of carbonyl (C=O) groups excluding carboxylic acids is 1. The van der Waals surface area contributed by atoms with Crippen LogP contribution in [0.25, 0.3) is 10.9 Å².